The molecule has 1 atom stereocenters. The van der Waals surface area contributed by atoms with Crippen LogP contribution in [0, 0.1) is 11.3 Å². The summed E-state index contributed by atoms with van der Waals surface area (Å²) in [5, 5.41) is 22.9. The first-order valence-corrected chi connectivity index (χ1v) is 14.3. The van der Waals surface area contributed by atoms with E-state index < -0.39 is 5.92 Å². The Balaban J connectivity index is 1.23. The molecule has 0 saturated heterocycles. The van der Waals surface area contributed by atoms with Gasteiger partial charge in [0, 0.05) is 35.5 Å². The molecule has 3 N–H and O–H groups in total. The van der Waals surface area contributed by atoms with Crippen LogP contribution in [0.4, 0.5) is 10.8 Å². The van der Waals surface area contributed by atoms with Crippen LogP contribution in [0.1, 0.15) is 30.7 Å². The molecule has 4 heterocycles. The number of rotatable bonds is 6. The average molecular weight is 567 g/mol. The number of allylic oxidation sites excluding steroid dienone is 3. The Morgan fingerprint density at radius 2 is 2.08 bits per heavy atom. The zero-order chi connectivity index (χ0) is 27.6. The van der Waals surface area contributed by atoms with E-state index in [0.29, 0.717) is 40.0 Å². The van der Waals surface area contributed by atoms with Crippen molar-refractivity contribution in [2.75, 3.05) is 16.0 Å². The number of Topliss-reactive ketones (excluding diaryl/α,β-unsaturated/α-hetero) is 1. The van der Waals surface area contributed by atoms with Crippen LogP contribution in [0.15, 0.2) is 88.1 Å². The third-order valence-corrected chi connectivity index (χ3v) is 8.76. The highest BCUT2D eigenvalue weighted by Gasteiger charge is 2.41. The molecule has 1 unspecified atom stereocenters. The Labute approximate surface area is 237 Å². The summed E-state index contributed by atoms with van der Waals surface area (Å²) in [5.41, 5.74) is 10.3. The molecule has 40 heavy (non-hydrogen) atoms. The van der Waals surface area contributed by atoms with E-state index in [0.717, 1.165) is 22.2 Å². The lowest BCUT2D eigenvalue weighted by atomic mass is 9.76. The number of carbonyl (C=O) groups excluding carboxylic acids is 2. The highest BCUT2D eigenvalue weighted by Crippen LogP contribution is 2.46. The van der Waals surface area contributed by atoms with Gasteiger partial charge < -0.3 is 11.1 Å². The number of benzene rings is 1. The van der Waals surface area contributed by atoms with Gasteiger partial charge in [0.1, 0.15) is 5.82 Å². The van der Waals surface area contributed by atoms with Gasteiger partial charge in [0.05, 0.1) is 40.7 Å². The van der Waals surface area contributed by atoms with E-state index in [1.165, 1.54) is 23.1 Å². The van der Waals surface area contributed by atoms with E-state index in [2.05, 4.69) is 31.6 Å². The van der Waals surface area contributed by atoms with Gasteiger partial charge in [-0.1, -0.05) is 47.4 Å². The van der Waals surface area contributed by atoms with Crippen LogP contribution in [0.3, 0.4) is 0 Å². The van der Waals surface area contributed by atoms with Crippen molar-refractivity contribution in [1.82, 2.24) is 20.2 Å². The van der Waals surface area contributed by atoms with Gasteiger partial charge in [0.15, 0.2) is 10.1 Å². The fourth-order valence-electron chi connectivity index (χ4n) is 5.00. The number of anilines is 2. The van der Waals surface area contributed by atoms with E-state index in [9.17, 15) is 14.9 Å². The molecule has 1 aromatic carbocycles. The Morgan fingerprint density at radius 1 is 1.20 bits per heavy atom. The van der Waals surface area contributed by atoms with Crippen LogP contribution in [0.2, 0.25) is 0 Å². The van der Waals surface area contributed by atoms with Gasteiger partial charge in [-0.15, -0.1) is 10.2 Å². The first kappa shape index (κ1) is 25.7. The number of hydrogen-bond acceptors (Lipinski definition) is 11. The predicted molar refractivity (Wildman–Crippen MR) is 153 cm³/mol. The molecule has 10 nitrogen and oxygen atoms in total. The average Bonchev–Trinajstić information content (AvgIpc) is 3.44. The summed E-state index contributed by atoms with van der Waals surface area (Å²) < 4.78 is 0.562. The lowest BCUT2D eigenvalue weighted by Crippen LogP contribution is -2.38. The number of hydrogen-bond donors (Lipinski definition) is 2. The van der Waals surface area contributed by atoms with Crippen molar-refractivity contribution >= 4 is 56.5 Å². The van der Waals surface area contributed by atoms with Crippen molar-refractivity contribution in [3.63, 3.8) is 0 Å². The molecule has 3 aromatic heterocycles. The van der Waals surface area contributed by atoms with E-state index in [1.54, 1.807) is 29.6 Å². The third-order valence-electron chi connectivity index (χ3n) is 6.72. The topological polar surface area (TPSA) is 151 Å². The van der Waals surface area contributed by atoms with Crippen molar-refractivity contribution < 1.29 is 9.59 Å². The minimum atomic E-state index is -0.576. The van der Waals surface area contributed by atoms with Gasteiger partial charge in [-0.25, -0.2) is 0 Å². The number of thioether (sulfide) groups is 1. The maximum atomic E-state index is 13.2. The number of amides is 1. The van der Waals surface area contributed by atoms with Crippen LogP contribution in [-0.2, 0) is 9.59 Å². The number of carbonyl (C=O) groups is 2. The summed E-state index contributed by atoms with van der Waals surface area (Å²) in [5.74, 6) is -0.456. The first-order valence-electron chi connectivity index (χ1n) is 12.5. The summed E-state index contributed by atoms with van der Waals surface area (Å²) in [7, 11) is 0. The van der Waals surface area contributed by atoms with Crippen molar-refractivity contribution in [1.29, 1.82) is 5.26 Å². The highest BCUT2D eigenvalue weighted by molar-refractivity contribution is 8.01. The van der Waals surface area contributed by atoms with Gasteiger partial charge in [-0.05, 0) is 36.6 Å². The number of nitriles is 1. The standard InChI is InChI=1S/C28H22N8O2S2/c29-12-19-24(17-6-4-10-31-13-17)25-21(8-3-9-22(25)37)36(26(19)30)27-34-35-28(40-27)39-15-23(38)33-18-11-16-5-1-2-7-20(16)32-14-18/h1-2,4-7,10-11,13-14,24H,3,8-9,15,30H2,(H,33,38). The summed E-state index contributed by atoms with van der Waals surface area (Å²) in [6, 6.07) is 15.4. The normalized spacial score (nSPS) is 17.1. The summed E-state index contributed by atoms with van der Waals surface area (Å²) in [6.45, 7) is 0. The van der Waals surface area contributed by atoms with E-state index in [1.807, 2.05) is 36.4 Å². The van der Waals surface area contributed by atoms with Gasteiger partial charge in [-0.3, -0.25) is 24.5 Å². The zero-order valence-electron chi connectivity index (χ0n) is 21.1. The highest BCUT2D eigenvalue weighted by atomic mass is 32.2. The fraction of sp³-hybridized carbons (Fsp3) is 0.179. The molecule has 6 rings (SSSR count). The number of nitrogens with one attached hydrogen (secondary N) is 1. The van der Waals surface area contributed by atoms with Crippen LogP contribution >= 0.6 is 23.1 Å². The first-order chi connectivity index (χ1) is 19.5. The maximum Gasteiger partial charge on any atom is 0.234 e. The smallest absolute Gasteiger partial charge is 0.234 e. The number of para-hydroxylation sites is 1. The van der Waals surface area contributed by atoms with Crippen molar-refractivity contribution in [3.8, 4) is 6.07 Å². The molecule has 1 aliphatic heterocycles. The number of fused-ring (bicyclic) bond motifs is 1. The van der Waals surface area contributed by atoms with Crippen molar-refractivity contribution in [2.45, 2.75) is 29.5 Å². The van der Waals surface area contributed by atoms with Gasteiger partial charge in [0.2, 0.25) is 11.0 Å². The molecule has 0 fully saturated rings. The van der Waals surface area contributed by atoms with Crippen LogP contribution in [-0.4, -0.2) is 37.6 Å². The molecule has 0 saturated carbocycles. The molecule has 1 aliphatic carbocycles. The van der Waals surface area contributed by atoms with E-state index >= 15 is 0 Å². The Hall–Kier alpha value is -4.60. The minimum absolute atomic E-state index is 0.0145. The second kappa shape index (κ2) is 10.9. The molecule has 1 amide bonds. The predicted octanol–water partition coefficient (Wildman–Crippen LogP) is 4.52. The molecule has 0 bridgehead atoms. The summed E-state index contributed by atoms with van der Waals surface area (Å²) in [4.78, 5) is 36.1. The lowest BCUT2D eigenvalue weighted by molar-refractivity contribution is -0.116. The summed E-state index contributed by atoms with van der Waals surface area (Å²) >= 11 is 2.50. The second-order valence-corrected chi connectivity index (χ2v) is 11.4. The quantitative estimate of drug-likeness (QED) is 0.319. The van der Waals surface area contributed by atoms with Crippen molar-refractivity contribution in [3.05, 3.63) is 89.3 Å². The number of nitrogens with zero attached hydrogens (tertiary/aromatic N) is 6. The Kier molecular flexibility index (Phi) is 6.98. The molecule has 0 spiro atoms. The van der Waals surface area contributed by atoms with Gasteiger partial charge >= 0.3 is 0 Å². The maximum absolute atomic E-state index is 13.2. The zero-order valence-corrected chi connectivity index (χ0v) is 22.7. The molecule has 4 aromatic rings. The number of ketones is 1. The fourth-order valence-corrected chi connectivity index (χ4v) is 6.68. The van der Waals surface area contributed by atoms with Crippen molar-refractivity contribution in [2.24, 2.45) is 5.73 Å². The monoisotopic (exact) mass is 566 g/mol. The largest absolute Gasteiger partial charge is 0.384 e. The third kappa shape index (κ3) is 4.81. The van der Waals surface area contributed by atoms with E-state index in [4.69, 9.17) is 5.73 Å². The molecule has 198 valence electrons. The number of nitrogens with two attached hydrogens (primary N) is 1. The molecular weight excluding hydrogens is 544 g/mol. The van der Waals surface area contributed by atoms with E-state index in [-0.39, 0.29) is 28.8 Å². The Bertz CT molecular complexity index is 1740. The molecular formula is C28H22N8O2S2. The second-order valence-electron chi connectivity index (χ2n) is 9.21. The molecule has 2 aliphatic rings. The van der Waals surface area contributed by atoms with Crippen LogP contribution < -0.4 is 16.0 Å². The number of pyridine rings is 2. The lowest BCUT2D eigenvalue weighted by Gasteiger charge is -2.37. The van der Waals surface area contributed by atoms with Crippen LogP contribution in [0.25, 0.3) is 10.9 Å². The summed E-state index contributed by atoms with van der Waals surface area (Å²) in [6.07, 6.45) is 6.63. The van der Waals surface area contributed by atoms with Gasteiger partial charge in [-0.2, -0.15) is 5.26 Å². The molecule has 12 heteroatoms. The SMILES string of the molecule is N#CC1=C(N)N(c2nnc(SCC(=O)Nc3cnc4ccccc4c3)s2)C2=C(C(=O)CCC2)C1c1cccnc1. The molecule has 0 radical (unpaired) electrons. The number of aromatic nitrogens is 4. The van der Waals surface area contributed by atoms with Crippen LogP contribution in [0.5, 0.6) is 0 Å². The minimum Gasteiger partial charge on any atom is -0.384 e. The Morgan fingerprint density at radius 3 is 2.90 bits per heavy atom. The van der Waals surface area contributed by atoms with Gasteiger partial charge in [0.25, 0.3) is 0 Å².